The molecule has 0 aliphatic carbocycles. The molecule has 2 rings (SSSR count). The first-order chi connectivity index (χ1) is 11.4. The van der Waals surface area contributed by atoms with Crippen LogP contribution in [0.1, 0.15) is 42.9 Å². The van der Waals surface area contributed by atoms with Crippen molar-refractivity contribution >= 4 is 23.1 Å². The summed E-state index contributed by atoms with van der Waals surface area (Å²) in [6.45, 7) is 3.48. The molecule has 0 heterocycles. The molecule has 0 aliphatic heterocycles. The third kappa shape index (κ3) is 3.90. The fraction of sp³-hybridized carbons (Fsp3) is 0.200. The van der Waals surface area contributed by atoms with Gasteiger partial charge in [0.1, 0.15) is 0 Å². The van der Waals surface area contributed by atoms with Gasteiger partial charge in [0.2, 0.25) is 0 Å². The Morgan fingerprint density at radius 3 is 2.12 bits per heavy atom. The van der Waals surface area contributed by atoms with Gasteiger partial charge in [0.15, 0.2) is 0 Å². The number of carboxylic acid groups (broad SMARTS) is 2. The molecule has 4 nitrogen and oxygen atoms in total. The second kappa shape index (κ2) is 7.59. The van der Waals surface area contributed by atoms with Crippen LogP contribution in [0.15, 0.2) is 54.6 Å². The highest BCUT2D eigenvalue weighted by Gasteiger charge is 2.21. The van der Waals surface area contributed by atoms with E-state index in [1.54, 1.807) is 31.2 Å². The predicted molar refractivity (Wildman–Crippen MR) is 93.7 cm³/mol. The minimum atomic E-state index is -0.946. The first kappa shape index (κ1) is 17.5. The molecular formula is C20H20O4. The zero-order valence-corrected chi connectivity index (χ0v) is 13.7. The molecule has 0 amide bonds. The van der Waals surface area contributed by atoms with Crippen molar-refractivity contribution in [2.24, 2.45) is 0 Å². The van der Waals surface area contributed by atoms with Crippen LogP contribution in [0.5, 0.6) is 0 Å². The Bertz CT molecular complexity index is 775. The summed E-state index contributed by atoms with van der Waals surface area (Å²) in [5, 5.41) is 18.7. The van der Waals surface area contributed by atoms with Crippen LogP contribution in [0.2, 0.25) is 0 Å². The Labute approximate surface area is 141 Å². The lowest BCUT2D eigenvalue weighted by Crippen LogP contribution is -2.11. The predicted octanol–water partition coefficient (Wildman–Crippen LogP) is 4.28. The maximum absolute atomic E-state index is 11.4. The lowest BCUT2D eigenvalue weighted by atomic mass is 9.86. The van der Waals surface area contributed by atoms with E-state index in [2.05, 4.69) is 0 Å². The van der Waals surface area contributed by atoms with Crippen molar-refractivity contribution in [2.45, 2.75) is 26.2 Å². The molecule has 0 aromatic heterocycles. The highest BCUT2D eigenvalue weighted by Crippen LogP contribution is 2.33. The second-order valence-corrected chi connectivity index (χ2v) is 5.69. The van der Waals surface area contributed by atoms with Gasteiger partial charge in [-0.05, 0) is 41.7 Å². The van der Waals surface area contributed by atoms with Crippen LogP contribution in [0, 0.1) is 0 Å². The molecule has 2 N–H and O–H groups in total. The Balaban J connectivity index is 2.67. The summed E-state index contributed by atoms with van der Waals surface area (Å²) in [5.74, 6) is -2.60. The number of rotatable bonds is 6. The van der Waals surface area contributed by atoms with Gasteiger partial charge in [-0.3, -0.25) is 9.59 Å². The Morgan fingerprint density at radius 1 is 0.958 bits per heavy atom. The first-order valence-corrected chi connectivity index (χ1v) is 7.71. The van der Waals surface area contributed by atoms with E-state index in [0.717, 1.165) is 11.1 Å². The van der Waals surface area contributed by atoms with Crippen LogP contribution < -0.4 is 0 Å². The van der Waals surface area contributed by atoms with Gasteiger partial charge in [0.05, 0.1) is 12.3 Å². The Kier molecular flexibility index (Phi) is 5.53. The highest BCUT2D eigenvalue weighted by molar-refractivity contribution is 5.98. The van der Waals surface area contributed by atoms with Gasteiger partial charge in [-0.1, -0.05) is 54.6 Å². The van der Waals surface area contributed by atoms with Crippen molar-refractivity contribution in [1.29, 1.82) is 0 Å². The standard InChI is InChI=1S/C20H20O4/c1-13(15-8-4-3-5-9-15)18(12-19(21)22)17-11-7-6-10-16(17)14(2)20(23)24/h3-11,14H,12H2,1-2H3,(H,21,22)(H,23,24). The first-order valence-electron chi connectivity index (χ1n) is 7.71. The number of aliphatic carboxylic acids is 2. The Hall–Kier alpha value is -2.88. The molecular weight excluding hydrogens is 304 g/mol. The summed E-state index contributed by atoms with van der Waals surface area (Å²) in [7, 11) is 0. The van der Waals surface area contributed by atoms with E-state index in [4.69, 9.17) is 0 Å². The summed E-state index contributed by atoms with van der Waals surface area (Å²) in [5.41, 5.74) is 3.69. The topological polar surface area (TPSA) is 74.6 Å². The minimum Gasteiger partial charge on any atom is -0.481 e. The summed E-state index contributed by atoms with van der Waals surface area (Å²) in [6, 6.07) is 16.6. The molecule has 2 aromatic rings. The molecule has 124 valence electrons. The van der Waals surface area contributed by atoms with Gasteiger partial charge < -0.3 is 10.2 Å². The van der Waals surface area contributed by atoms with Crippen LogP contribution in [0.4, 0.5) is 0 Å². The number of hydrogen-bond donors (Lipinski definition) is 2. The van der Waals surface area contributed by atoms with E-state index < -0.39 is 17.9 Å². The van der Waals surface area contributed by atoms with Crippen LogP contribution in [-0.2, 0) is 9.59 Å². The quantitative estimate of drug-likeness (QED) is 0.778. The molecule has 0 bridgehead atoms. The summed E-state index contributed by atoms with van der Waals surface area (Å²) >= 11 is 0. The maximum atomic E-state index is 11.4. The minimum absolute atomic E-state index is 0.163. The molecule has 0 radical (unpaired) electrons. The van der Waals surface area contributed by atoms with E-state index in [1.165, 1.54) is 0 Å². The average Bonchev–Trinajstić information content (AvgIpc) is 2.59. The van der Waals surface area contributed by atoms with E-state index >= 15 is 0 Å². The fourth-order valence-electron chi connectivity index (χ4n) is 2.73. The van der Waals surface area contributed by atoms with Gasteiger partial charge in [-0.2, -0.15) is 0 Å². The maximum Gasteiger partial charge on any atom is 0.310 e. The lowest BCUT2D eigenvalue weighted by Gasteiger charge is -2.18. The van der Waals surface area contributed by atoms with Gasteiger partial charge in [0, 0.05) is 0 Å². The van der Waals surface area contributed by atoms with E-state index in [-0.39, 0.29) is 6.42 Å². The smallest absolute Gasteiger partial charge is 0.310 e. The number of carbonyl (C=O) groups is 2. The third-order valence-corrected chi connectivity index (χ3v) is 4.11. The van der Waals surface area contributed by atoms with Crippen LogP contribution in [0.25, 0.3) is 11.1 Å². The largest absolute Gasteiger partial charge is 0.481 e. The number of allylic oxidation sites excluding steroid dienone is 1. The SMILES string of the molecule is CC(=C(CC(=O)O)c1ccccc1C(C)C(=O)O)c1ccccc1. The molecule has 2 aromatic carbocycles. The molecule has 1 atom stereocenters. The summed E-state index contributed by atoms with van der Waals surface area (Å²) in [6.07, 6.45) is -0.163. The van der Waals surface area contributed by atoms with Crippen molar-refractivity contribution in [3.63, 3.8) is 0 Å². The molecule has 0 saturated carbocycles. The van der Waals surface area contributed by atoms with Crippen molar-refractivity contribution in [1.82, 2.24) is 0 Å². The highest BCUT2D eigenvalue weighted by atomic mass is 16.4. The average molecular weight is 324 g/mol. The number of carboxylic acids is 2. The van der Waals surface area contributed by atoms with E-state index in [1.807, 2.05) is 37.3 Å². The fourth-order valence-corrected chi connectivity index (χ4v) is 2.73. The second-order valence-electron chi connectivity index (χ2n) is 5.69. The molecule has 0 saturated heterocycles. The summed E-state index contributed by atoms with van der Waals surface area (Å²) in [4.78, 5) is 22.8. The van der Waals surface area contributed by atoms with Crippen molar-refractivity contribution in [3.8, 4) is 0 Å². The van der Waals surface area contributed by atoms with E-state index in [0.29, 0.717) is 16.7 Å². The zero-order chi connectivity index (χ0) is 17.7. The molecule has 1 unspecified atom stereocenters. The van der Waals surface area contributed by atoms with Gasteiger partial charge in [-0.25, -0.2) is 0 Å². The molecule has 4 heteroatoms. The number of hydrogen-bond acceptors (Lipinski definition) is 2. The summed E-state index contributed by atoms with van der Waals surface area (Å²) < 4.78 is 0. The Morgan fingerprint density at radius 2 is 1.54 bits per heavy atom. The van der Waals surface area contributed by atoms with Crippen LogP contribution in [-0.4, -0.2) is 22.2 Å². The molecule has 24 heavy (non-hydrogen) atoms. The van der Waals surface area contributed by atoms with Gasteiger partial charge in [0.25, 0.3) is 0 Å². The van der Waals surface area contributed by atoms with Gasteiger partial charge in [-0.15, -0.1) is 0 Å². The van der Waals surface area contributed by atoms with Crippen molar-refractivity contribution in [2.75, 3.05) is 0 Å². The number of benzene rings is 2. The molecule has 0 aliphatic rings. The van der Waals surface area contributed by atoms with Gasteiger partial charge >= 0.3 is 11.9 Å². The molecule has 0 spiro atoms. The normalized spacial score (nSPS) is 13.1. The van der Waals surface area contributed by atoms with Crippen molar-refractivity contribution in [3.05, 3.63) is 71.3 Å². The van der Waals surface area contributed by atoms with E-state index in [9.17, 15) is 19.8 Å². The molecule has 0 fully saturated rings. The lowest BCUT2D eigenvalue weighted by molar-refractivity contribution is -0.138. The van der Waals surface area contributed by atoms with Crippen molar-refractivity contribution < 1.29 is 19.8 Å². The zero-order valence-electron chi connectivity index (χ0n) is 13.7. The monoisotopic (exact) mass is 324 g/mol. The van der Waals surface area contributed by atoms with Crippen LogP contribution in [0.3, 0.4) is 0 Å². The third-order valence-electron chi connectivity index (χ3n) is 4.11. The van der Waals surface area contributed by atoms with Crippen LogP contribution >= 0.6 is 0 Å².